The van der Waals surface area contributed by atoms with Crippen molar-refractivity contribution in [1.29, 1.82) is 0 Å². The van der Waals surface area contributed by atoms with Crippen LogP contribution in [0, 0.1) is 0 Å². The number of nitrogens with zero attached hydrogens (tertiary/aromatic N) is 1. The summed E-state index contributed by atoms with van der Waals surface area (Å²) in [6, 6.07) is 25.0. The molecule has 0 unspecified atom stereocenters. The van der Waals surface area contributed by atoms with Crippen LogP contribution in [0.15, 0.2) is 95.7 Å². The molecule has 0 bridgehead atoms. The molecule has 0 spiro atoms. The number of aromatic nitrogens is 1. The van der Waals surface area contributed by atoms with Gasteiger partial charge in [-0.2, -0.15) is 0 Å². The van der Waals surface area contributed by atoms with Crippen LogP contribution in [-0.2, 0) is 5.60 Å². The summed E-state index contributed by atoms with van der Waals surface area (Å²) in [5, 5.41) is 11.7. The summed E-state index contributed by atoms with van der Waals surface area (Å²) in [5.41, 5.74) is 6.16. The van der Waals surface area contributed by atoms with E-state index in [2.05, 4.69) is 5.73 Å². The highest BCUT2D eigenvalue weighted by atomic mass is 16.3. The fourth-order valence-electron chi connectivity index (χ4n) is 2.98. The first-order valence-corrected chi connectivity index (χ1v) is 8.09. The minimum Gasteiger partial charge on any atom is -0.406 e. The van der Waals surface area contributed by atoms with Crippen LogP contribution in [-0.4, -0.2) is 12.2 Å². The molecule has 0 saturated heterocycles. The molecular weight excluding hydrogens is 312 g/mol. The average molecular weight is 333 g/mol. The maximum atomic E-state index is 11.7. The van der Waals surface area contributed by atoms with Crippen LogP contribution in [0.4, 0.5) is 0 Å². The molecule has 2 heterocycles. The van der Waals surface area contributed by atoms with Gasteiger partial charge in [0.15, 0.2) is 12.5 Å². The van der Waals surface area contributed by atoms with E-state index in [0.717, 1.165) is 11.1 Å². The second-order valence-electron chi connectivity index (χ2n) is 5.47. The Morgan fingerprint density at radius 2 is 1.32 bits per heavy atom. The third-order valence-electron chi connectivity index (χ3n) is 4.13. The van der Waals surface area contributed by atoms with E-state index in [0.29, 0.717) is 11.4 Å². The molecule has 4 nitrogen and oxygen atoms in total. The third kappa shape index (κ3) is 2.93. The van der Waals surface area contributed by atoms with Crippen molar-refractivity contribution in [2.24, 2.45) is 5.73 Å². The van der Waals surface area contributed by atoms with E-state index < -0.39 is 5.60 Å². The maximum absolute atomic E-state index is 11.7. The first-order chi connectivity index (χ1) is 12.3. The summed E-state index contributed by atoms with van der Waals surface area (Å²) in [7, 11) is 1.50. The summed E-state index contributed by atoms with van der Waals surface area (Å²) in [6.07, 6.45) is 3.51. The zero-order valence-electron chi connectivity index (χ0n) is 14.0. The lowest BCUT2D eigenvalue weighted by atomic mass is 9.84. The summed E-state index contributed by atoms with van der Waals surface area (Å²) >= 11 is 0. The summed E-state index contributed by atoms with van der Waals surface area (Å²) in [5.74, 6) is 0. The predicted octanol–water partition coefficient (Wildman–Crippen LogP) is 2.88. The van der Waals surface area contributed by atoms with Crippen LogP contribution in [0.1, 0.15) is 16.8 Å². The summed E-state index contributed by atoms with van der Waals surface area (Å²) in [4.78, 5) is 0. The smallest absolute Gasteiger partial charge is 0.378 e. The van der Waals surface area contributed by atoms with Crippen LogP contribution >= 0.6 is 0 Å². The SMILES string of the molecule is CN.OC(c1ccccc1)(c1ccccc1)c1coc2cccc[n+]12. The van der Waals surface area contributed by atoms with Gasteiger partial charge in [-0.1, -0.05) is 60.7 Å². The van der Waals surface area contributed by atoms with Gasteiger partial charge in [0.05, 0.1) is 6.07 Å². The Balaban J connectivity index is 0.000000880. The molecule has 2 aromatic carbocycles. The number of benzene rings is 2. The van der Waals surface area contributed by atoms with Crippen LogP contribution in [0.5, 0.6) is 0 Å². The van der Waals surface area contributed by atoms with Gasteiger partial charge in [0, 0.05) is 6.07 Å². The van der Waals surface area contributed by atoms with Gasteiger partial charge in [-0.3, -0.25) is 0 Å². The normalized spacial score (nSPS) is 11.0. The molecule has 0 aliphatic rings. The molecule has 3 N–H and O–H groups in total. The van der Waals surface area contributed by atoms with E-state index in [1.165, 1.54) is 7.05 Å². The molecule has 0 aliphatic carbocycles. The first kappa shape index (κ1) is 16.9. The highest BCUT2D eigenvalue weighted by Crippen LogP contribution is 2.35. The number of fused-ring (bicyclic) bond motifs is 1. The van der Waals surface area contributed by atoms with Crippen LogP contribution < -0.4 is 10.1 Å². The molecular formula is C21H21N2O2+. The van der Waals surface area contributed by atoms with E-state index in [1.54, 1.807) is 6.26 Å². The maximum Gasteiger partial charge on any atom is 0.378 e. The van der Waals surface area contributed by atoms with E-state index in [1.807, 2.05) is 89.5 Å². The number of hydrogen-bond acceptors (Lipinski definition) is 3. The van der Waals surface area contributed by atoms with Gasteiger partial charge in [-0.05, 0) is 24.2 Å². The molecule has 0 radical (unpaired) electrons. The van der Waals surface area contributed by atoms with Gasteiger partial charge in [0.25, 0.3) is 5.69 Å². The molecule has 4 heteroatoms. The van der Waals surface area contributed by atoms with E-state index >= 15 is 0 Å². The Morgan fingerprint density at radius 1 is 0.800 bits per heavy atom. The van der Waals surface area contributed by atoms with Crippen LogP contribution in [0.2, 0.25) is 0 Å². The number of rotatable bonds is 3. The van der Waals surface area contributed by atoms with E-state index in [-0.39, 0.29) is 0 Å². The van der Waals surface area contributed by atoms with Gasteiger partial charge < -0.3 is 15.3 Å². The van der Waals surface area contributed by atoms with Crippen molar-refractivity contribution >= 4 is 5.71 Å². The zero-order valence-corrected chi connectivity index (χ0v) is 14.0. The van der Waals surface area contributed by atoms with Crippen molar-refractivity contribution in [3.05, 3.63) is 108 Å². The monoisotopic (exact) mass is 333 g/mol. The Kier molecular flexibility index (Phi) is 4.93. The predicted molar refractivity (Wildman–Crippen MR) is 97.0 cm³/mol. The molecule has 0 atom stereocenters. The van der Waals surface area contributed by atoms with Crippen molar-refractivity contribution in [3.8, 4) is 0 Å². The molecule has 0 aliphatic heterocycles. The zero-order chi connectivity index (χ0) is 17.7. The summed E-state index contributed by atoms with van der Waals surface area (Å²) in [6.45, 7) is 0. The average Bonchev–Trinajstić information content (AvgIpc) is 3.15. The van der Waals surface area contributed by atoms with Crippen molar-refractivity contribution < 1.29 is 13.9 Å². The number of oxazole rings is 1. The van der Waals surface area contributed by atoms with Crippen molar-refractivity contribution in [3.63, 3.8) is 0 Å². The van der Waals surface area contributed by atoms with Gasteiger partial charge in [-0.25, -0.2) is 0 Å². The van der Waals surface area contributed by atoms with Gasteiger partial charge >= 0.3 is 5.71 Å². The molecule has 0 saturated carbocycles. The Labute approximate surface area is 146 Å². The van der Waals surface area contributed by atoms with Gasteiger partial charge in [0.1, 0.15) is 0 Å². The topological polar surface area (TPSA) is 63.5 Å². The molecule has 4 aromatic rings. The number of pyridine rings is 1. The Hall–Kier alpha value is -2.95. The van der Waals surface area contributed by atoms with Crippen LogP contribution in [0.25, 0.3) is 5.71 Å². The second kappa shape index (κ2) is 7.30. The largest absolute Gasteiger partial charge is 0.406 e. The number of hydrogen-bond donors (Lipinski definition) is 2. The van der Waals surface area contributed by atoms with Crippen molar-refractivity contribution in [2.75, 3.05) is 7.05 Å². The fraction of sp³-hybridized carbons (Fsp3) is 0.0952. The lowest BCUT2D eigenvalue weighted by Gasteiger charge is -2.24. The molecule has 25 heavy (non-hydrogen) atoms. The van der Waals surface area contributed by atoms with Gasteiger partial charge in [-0.15, -0.1) is 4.40 Å². The van der Waals surface area contributed by atoms with E-state index in [9.17, 15) is 5.11 Å². The lowest BCUT2D eigenvalue weighted by Crippen LogP contribution is -2.39. The molecule has 2 aromatic heterocycles. The Bertz CT molecular complexity index is 894. The Morgan fingerprint density at radius 3 is 1.88 bits per heavy atom. The minimum absolute atomic E-state index is 0.672. The molecule has 0 fully saturated rings. The molecule has 0 amide bonds. The number of aliphatic hydroxyl groups is 1. The van der Waals surface area contributed by atoms with Gasteiger partial charge in [0.2, 0.25) is 5.60 Å². The standard InChI is InChI=1S/C20H16NO2.CH5N/c22-20(16-9-3-1-4-10-16,17-11-5-2-6-12-17)18-15-23-19-13-7-8-14-21(18)19;1-2/h1-15,22H;2H2,1H3/q+1;. The van der Waals surface area contributed by atoms with Crippen molar-refractivity contribution in [2.45, 2.75) is 5.60 Å². The number of nitrogens with two attached hydrogens (primary N) is 1. The second-order valence-corrected chi connectivity index (χ2v) is 5.47. The quantitative estimate of drug-likeness (QED) is 0.567. The third-order valence-corrected chi connectivity index (χ3v) is 4.13. The fourth-order valence-corrected chi connectivity index (χ4v) is 2.98. The highest BCUT2D eigenvalue weighted by Gasteiger charge is 2.42. The lowest BCUT2D eigenvalue weighted by molar-refractivity contribution is -0.531. The highest BCUT2D eigenvalue weighted by molar-refractivity contribution is 5.43. The first-order valence-electron chi connectivity index (χ1n) is 8.09. The summed E-state index contributed by atoms with van der Waals surface area (Å²) < 4.78 is 7.52. The minimum atomic E-state index is -1.29. The van der Waals surface area contributed by atoms with Crippen molar-refractivity contribution in [1.82, 2.24) is 0 Å². The molecule has 4 rings (SSSR count). The molecule has 126 valence electrons. The van der Waals surface area contributed by atoms with E-state index in [4.69, 9.17) is 4.42 Å². The van der Waals surface area contributed by atoms with Crippen LogP contribution in [0.3, 0.4) is 0 Å².